The number of nitrogens with one attached hydrogen (secondary N) is 1. The van der Waals surface area contributed by atoms with Gasteiger partial charge >= 0.3 is 0 Å². The maximum atomic E-state index is 13.1. The Morgan fingerprint density at radius 1 is 1.12 bits per heavy atom. The molecule has 0 saturated carbocycles. The highest BCUT2D eigenvalue weighted by atomic mass is 32.2. The summed E-state index contributed by atoms with van der Waals surface area (Å²) in [7, 11) is 0. The number of nitrogens with zero attached hydrogens (tertiary/aromatic N) is 2. The third-order valence-corrected chi connectivity index (χ3v) is 5.69. The van der Waals surface area contributed by atoms with Crippen LogP contribution in [0, 0.1) is 0 Å². The quantitative estimate of drug-likeness (QED) is 0.711. The van der Waals surface area contributed by atoms with E-state index in [4.69, 9.17) is 5.10 Å². The Labute approximate surface area is 157 Å². The third-order valence-electron chi connectivity index (χ3n) is 4.72. The molecule has 26 heavy (non-hydrogen) atoms. The van der Waals surface area contributed by atoms with Crippen molar-refractivity contribution < 1.29 is 4.79 Å². The van der Waals surface area contributed by atoms with E-state index in [2.05, 4.69) is 5.32 Å². The average Bonchev–Trinajstić information content (AvgIpc) is 3.27. The van der Waals surface area contributed by atoms with E-state index >= 15 is 0 Å². The van der Waals surface area contributed by atoms with Crippen LogP contribution in [0.25, 0.3) is 5.69 Å². The van der Waals surface area contributed by atoms with Gasteiger partial charge in [-0.15, -0.1) is 0 Å². The molecule has 0 bridgehead atoms. The molecule has 0 spiro atoms. The number of thioether (sulfide) groups is 1. The normalized spacial score (nSPS) is 14.0. The number of para-hydroxylation sites is 1. The average molecular weight is 363 g/mol. The molecule has 4 rings (SSSR count). The summed E-state index contributed by atoms with van der Waals surface area (Å²) in [5.41, 5.74) is 4.23. The van der Waals surface area contributed by atoms with Crippen molar-refractivity contribution in [2.75, 3.05) is 5.32 Å². The Morgan fingerprint density at radius 3 is 2.50 bits per heavy atom. The van der Waals surface area contributed by atoms with Crippen molar-refractivity contribution in [1.82, 2.24) is 9.78 Å². The summed E-state index contributed by atoms with van der Waals surface area (Å²) in [6, 6.07) is 20.0. The van der Waals surface area contributed by atoms with Crippen LogP contribution >= 0.6 is 11.8 Å². The molecule has 3 aromatic rings. The first-order valence-corrected chi connectivity index (χ1v) is 10.0. The molecule has 4 nitrogen and oxygen atoms in total. The lowest BCUT2D eigenvalue weighted by Gasteiger charge is -2.17. The number of hydrogen-bond donors (Lipinski definition) is 1. The van der Waals surface area contributed by atoms with Gasteiger partial charge in [0.2, 0.25) is 5.91 Å². The number of carbonyl (C=O) groups excluding carboxylic acids is 1. The Balaban J connectivity index is 1.68. The number of hydrogen-bond acceptors (Lipinski definition) is 3. The summed E-state index contributed by atoms with van der Waals surface area (Å²) in [5.74, 6) is 2.46. The second-order valence-electron chi connectivity index (χ2n) is 6.37. The number of aromatic nitrogens is 2. The molecule has 0 unspecified atom stereocenters. The van der Waals surface area contributed by atoms with Crippen molar-refractivity contribution in [1.29, 1.82) is 0 Å². The highest BCUT2D eigenvalue weighted by Crippen LogP contribution is 2.36. The van der Waals surface area contributed by atoms with Gasteiger partial charge in [0.25, 0.3) is 0 Å². The molecule has 1 aliphatic heterocycles. The van der Waals surface area contributed by atoms with Gasteiger partial charge in [0.1, 0.15) is 5.82 Å². The summed E-state index contributed by atoms with van der Waals surface area (Å²) < 4.78 is 1.88. The molecule has 2 aromatic carbocycles. The number of anilines is 1. The van der Waals surface area contributed by atoms with Crippen molar-refractivity contribution >= 4 is 23.5 Å². The van der Waals surface area contributed by atoms with E-state index in [0.717, 1.165) is 46.3 Å². The number of amides is 1. The maximum absolute atomic E-state index is 13.1. The Bertz CT molecular complexity index is 906. The topological polar surface area (TPSA) is 46.9 Å². The van der Waals surface area contributed by atoms with Crippen LogP contribution < -0.4 is 5.32 Å². The van der Waals surface area contributed by atoms with Crippen LogP contribution in [-0.2, 0) is 16.3 Å². The molecule has 0 saturated heterocycles. The summed E-state index contributed by atoms with van der Waals surface area (Å²) in [4.78, 5) is 13.1. The number of rotatable bonds is 5. The van der Waals surface area contributed by atoms with E-state index in [-0.39, 0.29) is 11.8 Å². The van der Waals surface area contributed by atoms with Crippen molar-refractivity contribution in [2.24, 2.45) is 0 Å². The minimum Gasteiger partial charge on any atom is -0.310 e. The molecule has 1 amide bonds. The molecule has 132 valence electrons. The summed E-state index contributed by atoms with van der Waals surface area (Å²) in [6.45, 7) is 2.05. The molecular formula is C21H21N3OS. The fraction of sp³-hybridized carbons (Fsp3) is 0.238. The second-order valence-corrected chi connectivity index (χ2v) is 7.36. The van der Waals surface area contributed by atoms with E-state index in [1.807, 2.05) is 84.0 Å². The largest absolute Gasteiger partial charge is 0.310 e. The van der Waals surface area contributed by atoms with E-state index in [0.29, 0.717) is 0 Å². The van der Waals surface area contributed by atoms with Crippen molar-refractivity contribution in [3.05, 3.63) is 77.5 Å². The minimum absolute atomic E-state index is 0.0236. The van der Waals surface area contributed by atoms with Gasteiger partial charge in [-0.1, -0.05) is 55.5 Å². The zero-order chi connectivity index (χ0) is 17.9. The standard InChI is InChI=1S/C21H21N3OS/c1-2-17(15-9-5-3-6-10-15)21(25)22-20-18-13-26-14-19(18)23-24(20)16-11-7-4-8-12-16/h3-12,17H,2,13-14H2,1H3,(H,22,25)/t17-/m1/s1. The van der Waals surface area contributed by atoms with Crippen LogP contribution in [0.1, 0.15) is 36.1 Å². The van der Waals surface area contributed by atoms with E-state index in [1.165, 1.54) is 0 Å². The number of carbonyl (C=O) groups is 1. The zero-order valence-electron chi connectivity index (χ0n) is 14.7. The highest BCUT2D eigenvalue weighted by molar-refractivity contribution is 7.98. The van der Waals surface area contributed by atoms with Crippen molar-refractivity contribution in [3.63, 3.8) is 0 Å². The Morgan fingerprint density at radius 2 is 1.81 bits per heavy atom. The van der Waals surface area contributed by atoms with E-state index in [1.54, 1.807) is 0 Å². The predicted molar refractivity (Wildman–Crippen MR) is 107 cm³/mol. The van der Waals surface area contributed by atoms with Gasteiger partial charge in [0, 0.05) is 17.1 Å². The first-order valence-electron chi connectivity index (χ1n) is 8.87. The number of fused-ring (bicyclic) bond motifs is 1. The van der Waals surface area contributed by atoms with Gasteiger partial charge in [-0.25, -0.2) is 4.68 Å². The van der Waals surface area contributed by atoms with Gasteiger partial charge in [0.15, 0.2) is 0 Å². The summed E-state index contributed by atoms with van der Waals surface area (Å²) in [5, 5.41) is 7.94. The van der Waals surface area contributed by atoms with Gasteiger partial charge in [-0.3, -0.25) is 4.79 Å². The van der Waals surface area contributed by atoms with E-state index in [9.17, 15) is 4.79 Å². The summed E-state index contributed by atoms with van der Waals surface area (Å²) in [6.07, 6.45) is 0.756. The lowest BCUT2D eigenvalue weighted by atomic mass is 9.95. The lowest BCUT2D eigenvalue weighted by Crippen LogP contribution is -2.23. The first-order chi connectivity index (χ1) is 12.8. The molecule has 1 N–H and O–H groups in total. The van der Waals surface area contributed by atoms with Gasteiger partial charge in [-0.05, 0) is 24.1 Å². The molecule has 0 radical (unpaired) electrons. The molecule has 2 heterocycles. The zero-order valence-corrected chi connectivity index (χ0v) is 15.5. The van der Waals surface area contributed by atoms with Crippen LogP contribution in [0.5, 0.6) is 0 Å². The second kappa shape index (κ2) is 7.38. The van der Waals surface area contributed by atoms with E-state index < -0.39 is 0 Å². The third kappa shape index (κ3) is 3.15. The highest BCUT2D eigenvalue weighted by Gasteiger charge is 2.27. The van der Waals surface area contributed by atoms with Crippen molar-refractivity contribution in [3.8, 4) is 5.69 Å². The Kier molecular flexibility index (Phi) is 4.80. The van der Waals surface area contributed by atoms with Gasteiger partial charge < -0.3 is 5.32 Å². The molecule has 1 atom stereocenters. The van der Waals surface area contributed by atoms with Gasteiger partial charge in [0.05, 0.1) is 17.3 Å². The monoisotopic (exact) mass is 363 g/mol. The van der Waals surface area contributed by atoms with Crippen LogP contribution in [0.2, 0.25) is 0 Å². The van der Waals surface area contributed by atoms with Crippen molar-refractivity contribution in [2.45, 2.75) is 30.8 Å². The predicted octanol–water partition coefficient (Wildman–Crippen LogP) is 4.75. The number of benzene rings is 2. The summed E-state index contributed by atoms with van der Waals surface area (Å²) >= 11 is 1.84. The molecule has 1 aliphatic rings. The van der Waals surface area contributed by atoms with Crippen LogP contribution in [0.3, 0.4) is 0 Å². The fourth-order valence-electron chi connectivity index (χ4n) is 3.36. The Hall–Kier alpha value is -2.53. The van der Waals surface area contributed by atoms with Crippen LogP contribution in [0.4, 0.5) is 5.82 Å². The fourth-order valence-corrected chi connectivity index (χ4v) is 4.39. The van der Waals surface area contributed by atoms with Crippen LogP contribution in [0.15, 0.2) is 60.7 Å². The molecule has 1 aromatic heterocycles. The minimum atomic E-state index is -0.167. The maximum Gasteiger partial charge on any atom is 0.233 e. The smallest absolute Gasteiger partial charge is 0.233 e. The van der Waals surface area contributed by atoms with Gasteiger partial charge in [-0.2, -0.15) is 16.9 Å². The molecule has 5 heteroatoms. The lowest BCUT2D eigenvalue weighted by molar-refractivity contribution is -0.117. The first kappa shape index (κ1) is 16.9. The molecule has 0 aliphatic carbocycles. The molecule has 0 fully saturated rings. The SMILES string of the molecule is CC[C@@H](C(=O)Nc1c2c(nn1-c1ccccc1)CSC2)c1ccccc1. The van der Waals surface area contributed by atoms with Crippen LogP contribution in [-0.4, -0.2) is 15.7 Å². The molecular weight excluding hydrogens is 342 g/mol.